The summed E-state index contributed by atoms with van der Waals surface area (Å²) in [6.45, 7) is 0. The minimum absolute atomic E-state index is 0. The van der Waals surface area contributed by atoms with Crippen molar-refractivity contribution < 1.29 is 14.6 Å². The van der Waals surface area contributed by atoms with E-state index in [0.29, 0.717) is 11.1 Å². The molecule has 2 aromatic rings. The van der Waals surface area contributed by atoms with Gasteiger partial charge in [0.15, 0.2) is 0 Å². The van der Waals surface area contributed by atoms with E-state index in [4.69, 9.17) is 21.4 Å². The number of aromatic nitrogens is 1. The number of ether oxygens (including phenoxy) is 1. The number of fused-ring (bicyclic) bond motifs is 1. The number of hydrogen-bond donors (Lipinski definition) is 1. The Kier molecular flexibility index (Phi) is 3.91. The third-order valence-corrected chi connectivity index (χ3v) is 2.99. The first-order valence-corrected chi connectivity index (χ1v) is 4.99. The maximum atomic E-state index is 11.1. The minimum Gasteiger partial charge on any atom is -0.497 e. The summed E-state index contributed by atoms with van der Waals surface area (Å²) >= 11 is 5.97. The van der Waals surface area contributed by atoms with Gasteiger partial charge in [-0.1, -0.05) is 11.6 Å². The molecule has 1 heterocycles. The highest BCUT2D eigenvalue weighted by Crippen LogP contribution is 2.31. The van der Waals surface area contributed by atoms with Crippen LogP contribution in [-0.2, 0) is 7.05 Å². The maximum absolute atomic E-state index is 11.1. The van der Waals surface area contributed by atoms with Gasteiger partial charge in [0.1, 0.15) is 16.5 Å². The predicted molar refractivity (Wildman–Crippen MR) is 68.7 cm³/mol. The molecule has 0 bridgehead atoms. The average molecular weight is 276 g/mol. The third-order valence-electron chi connectivity index (χ3n) is 2.55. The van der Waals surface area contributed by atoms with Crippen molar-refractivity contribution in [3.63, 3.8) is 0 Å². The smallest absolute Gasteiger partial charge is 0.339 e. The minimum atomic E-state index is -1.04. The molecule has 0 aliphatic rings. The number of benzene rings is 1. The number of carbonyl (C=O) groups is 1. The largest absolute Gasteiger partial charge is 0.497 e. The van der Waals surface area contributed by atoms with Crippen molar-refractivity contribution in [1.29, 1.82) is 0 Å². The van der Waals surface area contributed by atoms with Crippen LogP contribution in [0.3, 0.4) is 0 Å². The van der Waals surface area contributed by atoms with Crippen molar-refractivity contribution in [3.8, 4) is 5.75 Å². The molecule has 1 N–H and O–H groups in total. The monoisotopic (exact) mass is 275 g/mol. The normalized spacial score (nSPS) is 10.1. The lowest BCUT2D eigenvalue weighted by molar-refractivity contribution is 0.0699. The van der Waals surface area contributed by atoms with Gasteiger partial charge >= 0.3 is 5.97 Å². The first kappa shape index (κ1) is 13.7. The molecular formula is C11H11Cl2NO3. The van der Waals surface area contributed by atoms with Gasteiger partial charge in [0, 0.05) is 12.4 Å². The zero-order valence-electron chi connectivity index (χ0n) is 9.23. The lowest BCUT2D eigenvalue weighted by Gasteiger charge is -2.00. The third kappa shape index (κ3) is 2.06. The van der Waals surface area contributed by atoms with Gasteiger partial charge in [-0.3, -0.25) is 0 Å². The van der Waals surface area contributed by atoms with Crippen LogP contribution in [0.1, 0.15) is 10.4 Å². The second-order valence-corrected chi connectivity index (χ2v) is 3.77. The molecule has 1 aromatic heterocycles. The Morgan fingerprint density at radius 2 is 2.12 bits per heavy atom. The van der Waals surface area contributed by atoms with E-state index in [-0.39, 0.29) is 23.1 Å². The number of methoxy groups -OCH3 is 1. The Labute approximate surface area is 109 Å². The molecule has 0 amide bonds. The van der Waals surface area contributed by atoms with E-state index in [1.54, 1.807) is 29.8 Å². The van der Waals surface area contributed by atoms with E-state index in [9.17, 15) is 4.79 Å². The van der Waals surface area contributed by atoms with E-state index in [2.05, 4.69) is 0 Å². The SMILES string of the molecule is COc1ccc2c(c1)c(C(=O)O)c(Cl)n2C.Cl. The second-order valence-electron chi connectivity index (χ2n) is 3.41. The number of rotatable bonds is 2. The standard InChI is InChI=1S/C11H10ClNO3.ClH/c1-13-8-4-3-6(16-2)5-7(8)9(10(13)12)11(14)15;/h3-5H,1-2H3,(H,14,15);1H. The molecule has 0 fully saturated rings. The van der Waals surface area contributed by atoms with Crippen LogP contribution in [0.5, 0.6) is 5.75 Å². The summed E-state index contributed by atoms with van der Waals surface area (Å²) in [6.07, 6.45) is 0. The van der Waals surface area contributed by atoms with Gasteiger partial charge in [0.05, 0.1) is 12.6 Å². The van der Waals surface area contributed by atoms with E-state index in [1.807, 2.05) is 0 Å². The summed E-state index contributed by atoms with van der Waals surface area (Å²) in [5.41, 5.74) is 0.876. The lowest BCUT2D eigenvalue weighted by Crippen LogP contribution is -1.96. The quantitative estimate of drug-likeness (QED) is 0.917. The molecule has 4 nitrogen and oxygen atoms in total. The molecule has 0 unspecified atom stereocenters. The Balaban J connectivity index is 0.00000144. The van der Waals surface area contributed by atoms with Crippen LogP contribution in [0.2, 0.25) is 5.15 Å². The van der Waals surface area contributed by atoms with Gasteiger partial charge in [-0.25, -0.2) is 4.79 Å². The number of nitrogens with zero attached hydrogens (tertiary/aromatic N) is 1. The first-order valence-electron chi connectivity index (χ1n) is 4.61. The van der Waals surface area contributed by atoms with Gasteiger partial charge in [-0.2, -0.15) is 0 Å². The Hall–Kier alpha value is -1.39. The summed E-state index contributed by atoms with van der Waals surface area (Å²) < 4.78 is 6.70. The number of carboxylic acids is 1. The summed E-state index contributed by atoms with van der Waals surface area (Å²) in [5.74, 6) is -0.430. The Morgan fingerprint density at radius 1 is 1.47 bits per heavy atom. The van der Waals surface area contributed by atoms with Crippen LogP contribution in [0, 0.1) is 0 Å². The molecule has 0 spiro atoms. The van der Waals surface area contributed by atoms with Crippen LogP contribution < -0.4 is 4.74 Å². The Bertz CT molecular complexity index is 578. The zero-order chi connectivity index (χ0) is 11.9. The van der Waals surface area contributed by atoms with Crippen LogP contribution in [0.4, 0.5) is 0 Å². The summed E-state index contributed by atoms with van der Waals surface area (Å²) in [4.78, 5) is 11.1. The topological polar surface area (TPSA) is 51.5 Å². The van der Waals surface area contributed by atoms with E-state index in [1.165, 1.54) is 7.11 Å². The summed E-state index contributed by atoms with van der Waals surface area (Å²) in [5, 5.41) is 9.90. The van der Waals surface area contributed by atoms with Crippen molar-refractivity contribution in [2.45, 2.75) is 0 Å². The molecule has 0 saturated heterocycles. The summed E-state index contributed by atoms with van der Waals surface area (Å²) in [6, 6.07) is 5.22. The highest BCUT2D eigenvalue weighted by molar-refractivity contribution is 6.35. The average Bonchev–Trinajstić information content (AvgIpc) is 2.51. The molecule has 2 rings (SSSR count). The molecule has 1 aromatic carbocycles. The number of hydrogen-bond acceptors (Lipinski definition) is 2. The molecule has 0 saturated carbocycles. The van der Waals surface area contributed by atoms with Crippen molar-refractivity contribution in [3.05, 3.63) is 28.9 Å². The zero-order valence-corrected chi connectivity index (χ0v) is 10.8. The van der Waals surface area contributed by atoms with E-state index >= 15 is 0 Å². The Morgan fingerprint density at radius 3 is 2.65 bits per heavy atom. The molecule has 0 atom stereocenters. The molecule has 0 radical (unpaired) electrons. The van der Waals surface area contributed by atoms with Crippen molar-refractivity contribution in [1.82, 2.24) is 4.57 Å². The fraction of sp³-hybridized carbons (Fsp3) is 0.182. The van der Waals surface area contributed by atoms with E-state index < -0.39 is 5.97 Å². The van der Waals surface area contributed by atoms with Gasteiger partial charge in [0.2, 0.25) is 0 Å². The fourth-order valence-electron chi connectivity index (χ4n) is 1.72. The van der Waals surface area contributed by atoms with Gasteiger partial charge in [-0.15, -0.1) is 12.4 Å². The predicted octanol–water partition coefficient (Wildman–Crippen LogP) is 2.96. The number of carboxylic acid groups (broad SMARTS) is 1. The maximum Gasteiger partial charge on any atom is 0.339 e. The van der Waals surface area contributed by atoms with Crippen molar-refractivity contribution in [2.75, 3.05) is 7.11 Å². The van der Waals surface area contributed by atoms with Gasteiger partial charge in [0.25, 0.3) is 0 Å². The van der Waals surface area contributed by atoms with E-state index in [0.717, 1.165) is 5.52 Å². The second kappa shape index (κ2) is 4.85. The molecule has 17 heavy (non-hydrogen) atoms. The molecule has 92 valence electrons. The van der Waals surface area contributed by atoms with Crippen LogP contribution in [0.15, 0.2) is 18.2 Å². The van der Waals surface area contributed by atoms with Crippen LogP contribution in [0.25, 0.3) is 10.9 Å². The van der Waals surface area contributed by atoms with Crippen molar-refractivity contribution in [2.24, 2.45) is 7.05 Å². The van der Waals surface area contributed by atoms with Crippen LogP contribution in [-0.4, -0.2) is 22.8 Å². The molecule has 0 aliphatic carbocycles. The van der Waals surface area contributed by atoms with Gasteiger partial charge in [-0.05, 0) is 18.2 Å². The van der Waals surface area contributed by atoms with Crippen molar-refractivity contribution >= 4 is 40.9 Å². The lowest BCUT2D eigenvalue weighted by atomic mass is 10.1. The first-order chi connectivity index (χ1) is 7.56. The molecule has 0 aliphatic heterocycles. The van der Waals surface area contributed by atoms with Crippen LogP contribution >= 0.6 is 24.0 Å². The number of aryl methyl sites for hydroxylation is 1. The van der Waals surface area contributed by atoms with Gasteiger partial charge < -0.3 is 14.4 Å². The summed E-state index contributed by atoms with van der Waals surface area (Å²) in [7, 11) is 3.26. The number of aromatic carboxylic acids is 1. The highest BCUT2D eigenvalue weighted by Gasteiger charge is 2.19. The highest BCUT2D eigenvalue weighted by atomic mass is 35.5. The molecule has 6 heteroatoms. The molecular weight excluding hydrogens is 265 g/mol. The fourth-order valence-corrected chi connectivity index (χ4v) is 2.00. The number of halogens is 2.